The van der Waals surface area contributed by atoms with Crippen LogP contribution in [0.1, 0.15) is 38.3 Å². The molecule has 0 radical (unpaired) electrons. The number of rotatable bonds is 9. The highest BCUT2D eigenvalue weighted by molar-refractivity contribution is 5.79. The first-order valence-electron chi connectivity index (χ1n) is 11.8. The maximum absolute atomic E-state index is 6.00. The highest BCUT2D eigenvalue weighted by Gasteiger charge is 2.26. The predicted octanol–water partition coefficient (Wildman–Crippen LogP) is 1.87. The van der Waals surface area contributed by atoms with Gasteiger partial charge in [0.2, 0.25) is 0 Å². The van der Waals surface area contributed by atoms with Gasteiger partial charge in [0, 0.05) is 45.3 Å². The largest absolute Gasteiger partial charge is 0.465 e. The molecule has 0 bridgehead atoms. The molecule has 2 N–H and O–H groups in total. The van der Waals surface area contributed by atoms with Crippen molar-refractivity contribution in [2.75, 3.05) is 72.2 Å². The summed E-state index contributed by atoms with van der Waals surface area (Å²) in [7, 11) is 0. The van der Waals surface area contributed by atoms with Crippen LogP contribution in [0.15, 0.2) is 21.5 Å². The van der Waals surface area contributed by atoms with E-state index < -0.39 is 0 Å². The number of ether oxygens (including phenoxy) is 2. The Morgan fingerprint density at radius 2 is 1.65 bits per heavy atom. The summed E-state index contributed by atoms with van der Waals surface area (Å²) in [4.78, 5) is 9.92. The lowest BCUT2D eigenvalue weighted by Crippen LogP contribution is -2.49. The Labute approximate surface area is 187 Å². The van der Waals surface area contributed by atoms with Gasteiger partial charge in [-0.25, -0.2) is 0 Å². The number of hydrogen-bond acceptors (Lipinski definition) is 6. The third kappa shape index (κ3) is 7.20. The molecule has 8 nitrogen and oxygen atoms in total. The fourth-order valence-corrected chi connectivity index (χ4v) is 4.31. The fourth-order valence-electron chi connectivity index (χ4n) is 4.31. The van der Waals surface area contributed by atoms with Gasteiger partial charge in [-0.15, -0.1) is 0 Å². The van der Waals surface area contributed by atoms with E-state index in [1.165, 1.54) is 0 Å². The van der Waals surface area contributed by atoms with Crippen LogP contribution in [0.5, 0.6) is 0 Å². The summed E-state index contributed by atoms with van der Waals surface area (Å²) in [6, 6.07) is 4.70. The Bertz CT molecular complexity index is 666. The summed E-state index contributed by atoms with van der Waals surface area (Å²) in [6.07, 6.45) is 0. The van der Waals surface area contributed by atoms with Gasteiger partial charge in [0.05, 0.1) is 39.0 Å². The van der Waals surface area contributed by atoms with Gasteiger partial charge in [-0.2, -0.15) is 0 Å². The SMILES string of the molecule is CCNC(=NCC(C(C)C)N1CCOCC1)NCC(c1ccc(C)o1)N1CCOCC1. The minimum Gasteiger partial charge on any atom is -0.465 e. The van der Waals surface area contributed by atoms with Gasteiger partial charge in [-0.3, -0.25) is 14.8 Å². The van der Waals surface area contributed by atoms with Crippen LogP contribution in [0.4, 0.5) is 0 Å². The molecule has 31 heavy (non-hydrogen) atoms. The number of nitrogens with zero attached hydrogens (tertiary/aromatic N) is 3. The molecule has 176 valence electrons. The molecule has 8 heteroatoms. The molecule has 3 rings (SSSR count). The van der Waals surface area contributed by atoms with E-state index in [0.717, 1.165) is 89.7 Å². The lowest BCUT2D eigenvalue weighted by molar-refractivity contribution is 0.00863. The maximum atomic E-state index is 6.00. The van der Waals surface area contributed by atoms with Crippen molar-refractivity contribution < 1.29 is 13.9 Å². The first-order valence-corrected chi connectivity index (χ1v) is 11.8. The minimum absolute atomic E-state index is 0.154. The van der Waals surface area contributed by atoms with Gasteiger partial charge in [-0.1, -0.05) is 13.8 Å². The third-order valence-corrected chi connectivity index (χ3v) is 6.10. The van der Waals surface area contributed by atoms with Crippen molar-refractivity contribution in [3.05, 3.63) is 23.7 Å². The molecule has 2 unspecified atom stereocenters. The van der Waals surface area contributed by atoms with E-state index in [2.05, 4.69) is 47.3 Å². The standard InChI is InChI=1S/C23H41N5O3/c1-5-24-23(25-16-20(18(2)3)27-8-12-29-13-9-27)26-17-21(22-7-6-19(4)31-22)28-10-14-30-15-11-28/h6-7,18,20-21H,5,8-17H2,1-4H3,(H2,24,25,26). The number of hydrogen-bond donors (Lipinski definition) is 2. The number of furan rings is 1. The Balaban J connectivity index is 1.66. The first kappa shape index (κ1) is 24.0. The highest BCUT2D eigenvalue weighted by atomic mass is 16.5. The van der Waals surface area contributed by atoms with Crippen molar-refractivity contribution >= 4 is 5.96 Å². The van der Waals surface area contributed by atoms with Gasteiger partial charge in [0.1, 0.15) is 11.5 Å². The normalized spacial score (nSPS) is 21.3. The minimum atomic E-state index is 0.154. The molecule has 0 amide bonds. The van der Waals surface area contributed by atoms with E-state index in [1.807, 2.05) is 13.0 Å². The van der Waals surface area contributed by atoms with E-state index in [4.69, 9.17) is 18.9 Å². The number of aryl methyl sites for hydroxylation is 1. The molecule has 0 saturated carbocycles. The molecule has 0 spiro atoms. The Morgan fingerprint density at radius 3 is 2.19 bits per heavy atom. The van der Waals surface area contributed by atoms with Crippen molar-refractivity contribution in [3.8, 4) is 0 Å². The molecule has 0 aliphatic carbocycles. The second-order valence-electron chi connectivity index (χ2n) is 8.67. The number of morpholine rings is 2. The summed E-state index contributed by atoms with van der Waals surface area (Å²) in [5.41, 5.74) is 0. The Kier molecular flexibility index (Phi) is 9.64. The van der Waals surface area contributed by atoms with Gasteiger partial charge >= 0.3 is 0 Å². The monoisotopic (exact) mass is 435 g/mol. The topological polar surface area (TPSA) is 74.5 Å². The molecule has 0 aromatic carbocycles. The van der Waals surface area contributed by atoms with E-state index in [9.17, 15) is 0 Å². The average molecular weight is 436 g/mol. The number of nitrogens with one attached hydrogen (secondary N) is 2. The number of aliphatic imine (C=N–C) groups is 1. The zero-order chi connectivity index (χ0) is 22.1. The molecule has 1 aromatic rings. The predicted molar refractivity (Wildman–Crippen MR) is 124 cm³/mol. The fraction of sp³-hybridized carbons (Fsp3) is 0.783. The van der Waals surface area contributed by atoms with Crippen molar-refractivity contribution in [1.82, 2.24) is 20.4 Å². The molecule has 2 aliphatic heterocycles. The van der Waals surface area contributed by atoms with Gasteiger partial charge < -0.3 is 24.5 Å². The zero-order valence-corrected chi connectivity index (χ0v) is 19.7. The highest BCUT2D eigenvalue weighted by Crippen LogP contribution is 2.23. The van der Waals surface area contributed by atoms with Crippen LogP contribution in [-0.4, -0.2) is 94.0 Å². The molecular weight excluding hydrogens is 394 g/mol. The summed E-state index contributed by atoms with van der Waals surface area (Å²) in [5.74, 6) is 3.34. The quantitative estimate of drug-likeness (QED) is 0.453. The van der Waals surface area contributed by atoms with Crippen LogP contribution in [0, 0.1) is 12.8 Å². The van der Waals surface area contributed by atoms with Crippen molar-refractivity contribution in [2.45, 2.75) is 39.8 Å². The van der Waals surface area contributed by atoms with E-state index in [0.29, 0.717) is 12.0 Å². The summed E-state index contributed by atoms with van der Waals surface area (Å²) >= 11 is 0. The van der Waals surface area contributed by atoms with Crippen LogP contribution < -0.4 is 10.6 Å². The summed E-state index contributed by atoms with van der Waals surface area (Å²) < 4.78 is 17.1. The lowest BCUT2D eigenvalue weighted by atomic mass is 10.0. The van der Waals surface area contributed by atoms with Gasteiger partial charge in [-0.05, 0) is 31.9 Å². The van der Waals surface area contributed by atoms with E-state index in [1.54, 1.807) is 0 Å². The van der Waals surface area contributed by atoms with Crippen LogP contribution in [0.3, 0.4) is 0 Å². The van der Waals surface area contributed by atoms with Crippen LogP contribution in [-0.2, 0) is 9.47 Å². The maximum Gasteiger partial charge on any atom is 0.191 e. The van der Waals surface area contributed by atoms with Gasteiger partial charge in [0.25, 0.3) is 0 Å². The van der Waals surface area contributed by atoms with E-state index >= 15 is 0 Å². The van der Waals surface area contributed by atoms with Crippen LogP contribution >= 0.6 is 0 Å². The second-order valence-corrected chi connectivity index (χ2v) is 8.67. The summed E-state index contributed by atoms with van der Waals surface area (Å²) in [6.45, 7) is 18.0. The molecule has 3 heterocycles. The molecular formula is C23H41N5O3. The number of guanidine groups is 1. The zero-order valence-electron chi connectivity index (χ0n) is 19.7. The van der Waals surface area contributed by atoms with Crippen molar-refractivity contribution in [1.29, 1.82) is 0 Å². The molecule has 2 fully saturated rings. The Hall–Kier alpha value is -1.61. The Morgan fingerprint density at radius 1 is 1.00 bits per heavy atom. The van der Waals surface area contributed by atoms with E-state index in [-0.39, 0.29) is 6.04 Å². The third-order valence-electron chi connectivity index (χ3n) is 6.10. The summed E-state index contributed by atoms with van der Waals surface area (Å²) in [5, 5.41) is 6.99. The smallest absolute Gasteiger partial charge is 0.191 e. The average Bonchev–Trinajstić information content (AvgIpc) is 3.21. The molecule has 1 aromatic heterocycles. The van der Waals surface area contributed by atoms with Crippen molar-refractivity contribution in [2.24, 2.45) is 10.9 Å². The second kappa shape index (κ2) is 12.4. The van der Waals surface area contributed by atoms with Crippen LogP contribution in [0.25, 0.3) is 0 Å². The molecule has 2 atom stereocenters. The molecule has 2 aliphatic rings. The molecule has 2 saturated heterocycles. The first-order chi connectivity index (χ1) is 15.1. The lowest BCUT2D eigenvalue weighted by Gasteiger charge is -2.36. The van der Waals surface area contributed by atoms with Crippen molar-refractivity contribution in [3.63, 3.8) is 0 Å². The van der Waals surface area contributed by atoms with Crippen LogP contribution in [0.2, 0.25) is 0 Å². The van der Waals surface area contributed by atoms with Gasteiger partial charge in [0.15, 0.2) is 5.96 Å².